The van der Waals surface area contributed by atoms with Gasteiger partial charge in [-0.25, -0.2) is 0 Å². The van der Waals surface area contributed by atoms with Crippen LogP contribution in [0.5, 0.6) is 5.75 Å². The van der Waals surface area contributed by atoms with Crippen LogP contribution in [0, 0.1) is 0 Å². The molecule has 1 amide bonds. The van der Waals surface area contributed by atoms with Crippen molar-refractivity contribution in [2.45, 2.75) is 12.7 Å². The molecule has 0 aliphatic carbocycles. The lowest BCUT2D eigenvalue weighted by molar-refractivity contribution is -0.307. The van der Waals surface area contributed by atoms with Crippen molar-refractivity contribution in [2.24, 2.45) is 0 Å². The number of fused-ring (bicyclic) bond motifs is 1. The van der Waals surface area contributed by atoms with Crippen molar-refractivity contribution in [2.75, 3.05) is 11.9 Å². The number of aliphatic carboxylic acids is 1. The van der Waals surface area contributed by atoms with Crippen LogP contribution in [0.3, 0.4) is 0 Å². The lowest BCUT2D eigenvalue weighted by Crippen LogP contribution is -2.42. The van der Waals surface area contributed by atoms with E-state index in [-0.39, 0.29) is 5.91 Å². The molecular formula is C23H19N2O4-. The number of nitrogens with zero attached hydrogens (tertiary/aromatic N) is 1. The van der Waals surface area contributed by atoms with Crippen LogP contribution in [-0.4, -0.2) is 23.4 Å². The van der Waals surface area contributed by atoms with E-state index < -0.39 is 18.7 Å². The minimum atomic E-state index is -1.31. The molecule has 0 fully saturated rings. The van der Waals surface area contributed by atoms with Gasteiger partial charge in [0.1, 0.15) is 18.5 Å². The Morgan fingerprint density at radius 1 is 0.966 bits per heavy atom. The second-order valence-corrected chi connectivity index (χ2v) is 6.71. The minimum Gasteiger partial charge on any atom is -0.546 e. The van der Waals surface area contributed by atoms with Crippen molar-refractivity contribution in [1.82, 2.24) is 4.90 Å². The van der Waals surface area contributed by atoms with Gasteiger partial charge in [-0.1, -0.05) is 60.7 Å². The average Bonchev–Trinajstić information content (AvgIpc) is 2.75. The van der Waals surface area contributed by atoms with Crippen LogP contribution in [0.15, 0.2) is 78.9 Å². The Kier molecular flexibility index (Phi) is 5.16. The number of carboxylic acids is 1. The standard InChI is InChI=1S/C23H20N2O4/c26-21(27)15-29-20-13-7-5-11-18(20)22-24-19-12-6-4-10-17(19)23(28)25(22)14-16-8-2-1-3-9-16/h1-13,22,24H,14-15H2,(H,26,27)/p-1/t22-/m0/s1. The molecule has 6 nitrogen and oxygen atoms in total. The summed E-state index contributed by atoms with van der Waals surface area (Å²) in [6, 6.07) is 24.1. The normalized spacial score (nSPS) is 15.4. The molecule has 1 N–H and O–H groups in total. The number of carboxylic acid groups (broad SMARTS) is 1. The van der Waals surface area contributed by atoms with Crippen LogP contribution in [0.2, 0.25) is 0 Å². The first-order chi connectivity index (χ1) is 14.1. The van der Waals surface area contributed by atoms with Crippen LogP contribution < -0.4 is 15.2 Å². The van der Waals surface area contributed by atoms with Crippen molar-refractivity contribution in [1.29, 1.82) is 0 Å². The molecule has 146 valence electrons. The summed E-state index contributed by atoms with van der Waals surface area (Å²) < 4.78 is 5.43. The van der Waals surface area contributed by atoms with Gasteiger partial charge in [-0.3, -0.25) is 4.79 Å². The molecule has 0 unspecified atom stereocenters. The zero-order chi connectivity index (χ0) is 20.2. The molecule has 1 aliphatic heterocycles. The van der Waals surface area contributed by atoms with Gasteiger partial charge in [0.05, 0.1) is 11.5 Å². The van der Waals surface area contributed by atoms with Gasteiger partial charge in [0, 0.05) is 17.8 Å². The van der Waals surface area contributed by atoms with Crippen LogP contribution >= 0.6 is 0 Å². The summed E-state index contributed by atoms with van der Waals surface area (Å²) >= 11 is 0. The van der Waals surface area contributed by atoms with Crippen molar-refractivity contribution in [3.63, 3.8) is 0 Å². The van der Waals surface area contributed by atoms with E-state index in [1.165, 1.54) is 0 Å². The van der Waals surface area contributed by atoms with Crippen molar-refractivity contribution in [3.8, 4) is 5.75 Å². The summed E-state index contributed by atoms with van der Waals surface area (Å²) in [6.45, 7) is -0.173. The molecule has 0 saturated heterocycles. The zero-order valence-electron chi connectivity index (χ0n) is 15.6. The Bertz CT molecular complexity index is 1040. The average molecular weight is 387 g/mol. The maximum absolute atomic E-state index is 13.3. The number of ether oxygens (including phenoxy) is 1. The fourth-order valence-electron chi connectivity index (χ4n) is 3.46. The van der Waals surface area contributed by atoms with Crippen LogP contribution in [-0.2, 0) is 11.3 Å². The molecule has 1 aliphatic rings. The number of hydrogen-bond acceptors (Lipinski definition) is 5. The Balaban J connectivity index is 1.75. The fourth-order valence-corrected chi connectivity index (χ4v) is 3.46. The Labute approximate surface area is 168 Å². The van der Waals surface area contributed by atoms with E-state index >= 15 is 0 Å². The maximum atomic E-state index is 13.3. The van der Waals surface area contributed by atoms with Gasteiger partial charge in [0.15, 0.2) is 0 Å². The highest BCUT2D eigenvalue weighted by molar-refractivity contribution is 6.01. The Morgan fingerprint density at radius 3 is 2.45 bits per heavy atom. The molecule has 0 spiro atoms. The van der Waals surface area contributed by atoms with E-state index in [1.54, 1.807) is 23.1 Å². The monoisotopic (exact) mass is 387 g/mol. The molecule has 29 heavy (non-hydrogen) atoms. The zero-order valence-corrected chi connectivity index (χ0v) is 15.6. The molecule has 0 saturated carbocycles. The lowest BCUT2D eigenvalue weighted by atomic mass is 10.0. The highest BCUT2D eigenvalue weighted by atomic mass is 16.5. The number of para-hydroxylation sites is 2. The van der Waals surface area contributed by atoms with Gasteiger partial charge in [-0.2, -0.15) is 0 Å². The lowest BCUT2D eigenvalue weighted by Gasteiger charge is -2.38. The number of nitrogens with one attached hydrogen (secondary N) is 1. The number of rotatable bonds is 6. The van der Waals surface area contributed by atoms with E-state index in [4.69, 9.17) is 4.74 Å². The summed E-state index contributed by atoms with van der Waals surface area (Å²) in [5.41, 5.74) is 2.97. The van der Waals surface area contributed by atoms with E-state index in [9.17, 15) is 14.7 Å². The summed E-state index contributed by atoms with van der Waals surface area (Å²) in [4.78, 5) is 25.9. The highest BCUT2D eigenvalue weighted by Gasteiger charge is 2.34. The smallest absolute Gasteiger partial charge is 0.258 e. The van der Waals surface area contributed by atoms with Gasteiger partial charge in [-0.15, -0.1) is 0 Å². The third kappa shape index (κ3) is 3.91. The molecule has 1 heterocycles. The first-order valence-corrected chi connectivity index (χ1v) is 9.25. The topological polar surface area (TPSA) is 81.7 Å². The van der Waals surface area contributed by atoms with Crippen LogP contribution in [0.4, 0.5) is 5.69 Å². The number of amides is 1. The van der Waals surface area contributed by atoms with Crippen LogP contribution in [0.25, 0.3) is 0 Å². The molecule has 6 heteroatoms. The van der Waals surface area contributed by atoms with E-state index in [2.05, 4.69) is 5.32 Å². The minimum absolute atomic E-state index is 0.108. The third-order valence-electron chi connectivity index (χ3n) is 4.78. The quantitative estimate of drug-likeness (QED) is 0.703. The third-order valence-corrected chi connectivity index (χ3v) is 4.78. The van der Waals surface area contributed by atoms with Crippen molar-refractivity contribution < 1.29 is 19.4 Å². The molecule has 4 rings (SSSR count). The molecule has 0 aromatic heterocycles. The van der Waals surface area contributed by atoms with E-state index in [1.807, 2.05) is 60.7 Å². The van der Waals surface area contributed by atoms with Crippen LogP contribution in [0.1, 0.15) is 27.7 Å². The fraction of sp³-hybridized carbons (Fsp3) is 0.130. The predicted octanol–water partition coefficient (Wildman–Crippen LogP) is 2.58. The van der Waals surface area contributed by atoms with Gasteiger partial charge < -0.3 is 24.9 Å². The molecular weight excluding hydrogens is 368 g/mol. The second kappa shape index (κ2) is 8.06. The molecule has 3 aromatic rings. The summed E-state index contributed by atoms with van der Waals surface area (Å²) in [5.74, 6) is -1.03. The van der Waals surface area contributed by atoms with Gasteiger partial charge in [0.25, 0.3) is 5.91 Å². The largest absolute Gasteiger partial charge is 0.546 e. The van der Waals surface area contributed by atoms with Crippen molar-refractivity contribution in [3.05, 3.63) is 95.6 Å². The highest BCUT2D eigenvalue weighted by Crippen LogP contribution is 2.37. The maximum Gasteiger partial charge on any atom is 0.258 e. The van der Waals surface area contributed by atoms with Gasteiger partial charge >= 0.3 is 0 Å². The number of anilines is 1. The summed E-state index contributed by atoms with van der Waals surface area (Å²) in [5, 5.41) is 14.3. The van der Waals surface area contributed by atoms with E-state index in [0.29, 0.717) is 23.4 Å². The SMILES string of the molecule is O=C([O-])COc1ccccc1[C@H]1Nc2ccccc2C(=O)N1Cc1ccccc1. The predicted molar refractivity (Wildman–Crippen MR) is 106 cm³/mol. The number of benzene rings is 3. The first-order valence-electron chi connectivity index (χ1n) is 9.25. The van der Waals surface area contributed by atoms with E-state index in [0.717, 1.165) is 11.3 Å². The van der Waals surface area contributed by atoms with Gasteiger partial charge in [0.2, 0.25) is 0 Å². The van der Waals surface area contributed by atoms with Gasteiger partial charge in [-0.05, 0) is 23.8 Å². The molecule has 0 radical (unpaired) electrons. The molecule has 0 bridgehead atoms. The summed E-state index contributed by atoms with van der Waals surface area (Å²) in [6.07, 6.45) is -0.518. The molecule has 3 aromatic carbocycles. The molecule has 1 atom stereocenters. The number of carbonyl (C=O) groups is 2. The first kappa shape index (κ1) is 18.6. The second-order valence-electron chi connectivity index (χ2n) is 6.71. The summed E-state index contributed by atoms with van der Waals surface area (Å²) in [7, 11) is 0. The Hall–Kier alpha value is -3.80. The van der Waals surface area contributed by atoms with Crippen molar-refractivity contribution >= 4 is 17.6 Å². The Morgan fingerprint density at radius 2 is 1.66 bits per heavy atom. The number of carbonyl (C=O) groups excluding carboxylic acids is 2. The number of hydrogen-bond donors (Lipinski definition) is 1.